The molecule has 0 radical (unpaired) electrons. The number of ether oxygens (including phenoxy) is 2. The molecule has 0 amide bonds. The summed E-state index contributed by atoms with van der Waals surface area (Å²) in [5, 5.41) is 11.7. The lowest BCUT2D eigenvalue weighted by Crippen LogP contribution is -2.19. The number of hydrogen-bond acceptors (Lipinski definition) is 5. The second-order valence-electron chi connectivity index (χ2n) is 9.95. The average Bonchev–Trinajstić information content (AvgIpc) is 3.30. The van der Waals surface area contributed by atoms with Crippen molar-refractivity contribution in [2.75, 3.05) is 19.8 Å². The van der Waals surface area contributed by atoms with Crippen molar-refractivity contribution >= 4 is 22.0 Å². The number of fused-ring (bicyclic) bond motifs is 1. The number of halogens is 1. The van der Waals surface area contributed by atoms with E-state index in [9.17, 15) is 0 Å². The third-order valence-electron chi connectivity index (χ3n) is 6.99. The number of benzene rings is 3. The summed E-state index contributed by atoms with van der Waals surface area (Å²) in [7, 11) is 0. The van der Waals surface area contributed by atoms with Crippen LogP contribution in [0.5, 0.6) is 5.75 Å². The lowest BCUT2D eigenvalue weighted by molar-refractivity contribution is -0.0375. The SMILES string of the molecule is CC(C)/C(=C(/c1ccc(OCCN=NN)cc1)c1ccc2c(c1)c(F)nn2C1CCCCO1)c1ccccc1. The van der Waals surface area contributed by atoms with Gasteiger partial charge in [-0.2, -0.15) is 9.50 Å². The van der Waals surface area contributed by atoms with Gasteiger partial charge in [-0.25, -0.2) is 4.68 Å². The number of allylic oxidation sites excluding steroid dienone is 1. The van der Waals surface area contributed by atoms with Crippen LogP contribution in [0.4, 0.5) is 4.39 Å². The van der Waals surface area contributed by atoms with Crippen LogP contribution in [-0.4, -0.2) is 29.5 Å². The van der Waals surface area contributed by atoms with E-state index in [-0.39, 0.29) is 12.1 Å². The zero-order valence-electron chi connectivity index (χ0n) is 22.4. The first-order valence-electron chi connectivity index (χ1n) is 13.5. The molecule has 0 bridgehead atoms. The normalized spacial score (nSPS) is 16.7. The van der Waals surface area contributed by atoms with Crippen LogP contribution < -0.4 is 10.6 Å². The molecule has 0 aliphatic carbocycles. The van der Waals surface area contributed by atoms with Gasteiger partial charge in [-0.05, 0) is 77.3 Å². The third kappa shape index (κ3) is 5.86. The van der Waals surface area contributed by atoms with Gasteiger partial charge in [-0.3, -0.25) is 0 Å². The summed E-state index contributed by atoms with van der Waals surface area (Å²) in [6.45, 7) is 5.81. The van der Waals surface area contributed by atoms with Crippen LogP contribution in [0, 0.1) is 11.9 Å². The van der Waals surface area contributed by atoms with Crippen molar-refractivity contribution in [3.8, 4) is 5.75 Å². The van der Waals surface area contributed by atoms with Gasteiger partial charge in [0.25, 0.3) is 0 Å². The van der Waals surface area contributed by atoms with Crippen molar-refractivity contribution in [2.45, 2.75) is 39.3 Å². The highest BCUT2D eigenvalue weighted by atomic mass is 19.1. The predicted molar refractivity (Wildman–Crippen MR) is 152 cm³/mol. The van der Waals surface area contributed by atoms with Gasteiger partial charge in [0.05, 0.1) is 17.4 Å². The molecule has 2 heterocycles. The maximum atomic E-state index is 15.3. The topological polar surface area (TPSA) is 87.0 Å². The Bertz CT molecular complexity index is 1460. The highest BCUT2D eigenvalue weighted by molar-refractivity contribution is 6.01. The van der Waals surface area contributed by atoms with Gasteiger partial charge < -0.3 is 15.3 Å². The highest BCUT2D eigenvalue weighted by Crippen LogP contribution is 2.39. The molecule has 5 rings (SSSR count). The molecular formula is C31H34FN5O2. The summed E-state index contributed by atoms with van der Waals surface area (Å²) in [6, 6.07) is 24.2. The summed E-state index contributed by atoms with van der Waals surface area (Å²) in [5.41, 5.74) is 6.03. The van der Waals surface area contributed by atoms with Gasteiger partial charge in [0.2, 0.25) is 5.95 Å². The second-order valence-corrected chi connectivity index (χ2v) is 9.95. The smallest absolute Gasteiger partial charge is 0.240 e. The Kier molecular flexibility index (Phi) is 8.32. The number of hydrogen-bond donors (Lipinski definition) is 1. The fourth-order valence-corrected chi connectivity index (χ4v) is 5.24. The molecule has 1 unspecified atom stereocenters. The van der Waals surface area contributed by atoms with Crippen molar-refractivity contribution in [3.63, 3.8) is 0 Å². The number of rotatable bonds is 9. The van der Waals surface area contributed by atoms with Gasteiger partial charge in [0, 0.05) is 6.61 Å². The van der Waals surface area contributed by atoms with Gasteiger partial charge >= 0.3 is 0 Å². The van der Waals surface area contributed by atoms with E-state index in [2.05, 4.69) is 47.5 Å². The molecule has 0 saturated carbocycles. The van der Waals surface area contributed by atoms with E-state index in [1.54, 1.807) is 4.68 Å². The standard InChI is InChI=1S/C31H34FN5O2/c1-21(2)29(22-8-4-3-5-9-22)30(23-11-14-25(15-12-23)38-19-17-34-36-33)24-13-16-27-26(20-24)31(32)35-37(27)28-10-6-7-18-39-28/h3-5,8-9,11-16,20-21,28H,6-7,10,17-19H2,1-2H3,(H2,33,34)/b30-29+. The lowest BCUT2D eigenvalue weighted by atomic mass is 9.84. The van der Waals surface area contributed by atoms with Crippen molar-refractivity contribution in [1.82, 2.24) is 9.78 Å². The minimum absolute atomic E-state index is 0.207. The van der Waals surface area contributed by atoms with Crippen molar-refractivity contribution in [2.24, 2.45) is 22.1 Å². The van der Waals surface area contributed by atoms with Crippen molar-refractivity contribution < 1.29 is 13.9 Å². The Morgan fingerprint density at radius 2 is 1.82 bits per heavy atom. The number of nitrogens with zero attached hydrogens (tertiary/aromatic N) is 4. The van der Waals surface area contributed by atoms with Crippen LogP contribution >= 0.6 is 0 Å². The summed E-state index contributed by atoms with van der Waals surface area (Å²) in [5.74, 6) is 5.52. The first-order valence-corrected chi connectivity index (χ1v) is 13.5. The van der Waals surface area contributed by atoms with Crippen molar-refractivity contribution in [1.29, 1.82) is 0 Å². The molecule has 2 N–H and O–H groups in total. The molecular weight excluding hydrogens is 493 g/mol. The number of nitrogens with two attached hydrogens (primary N) is 1. The Labute approximate surface area is 228 Å². The molecule has 7 nitrogen and oxygen atoms in total. The zero-order valence-corrected chi connectivity index (χ0v) is 22.4. The molecule has 1 aromatic heterocycles. The average molecular weight is 528 g/mol. The quantitative estimate of drug-likeness (QED) is 0.0820. The minimum atomic E-state index is -0.482. The Hall–Kier alpha value is -4.04. The van der Waals surface area contributed by atoms with Gasteiger partial charge in [-0.15, -0.1) is 5.10 Å². The molecule has 3 aromatic carbocycles. The number of aromatic nitrogens is 2. The first kappa shape index (κ1) is 26.6. The Morgan fingerprint density at radius 3 is 2.51 bits per heavy atom. The van der Waals surface area contributed by atoms with E-state index in [4.69, 9.17) is 15.3 Å². The Morgan fingerprint density at radius 1 is 1.05 bits per heavy atom. The molecule has 1 fully saturated rings. The molecule has 1 aliphatic rings. The molecule has 4 aromatic rings. The molecule has 1 saturated heterocycles. The first-order chi connectivity index (χ1) is 19.1. The molecule has 1 aliphatic heterocycles. The highest BCUT2D eigenvalue weighted by Gasteiger charge is 2.23. The molecule has 0 spiro atoms. The summed E-state index contributed by atoms with van der Waals surface area (Å²) in [6.07, 6.45) is 2.67. The fraction of sp³-hybridized carbons (Fsp3) is 0.323. The monoisotopic (exact) mass is 527 g/mol. The van der Waals surface area contributed by atoms with E-state index in [0.29, 0.717) is 25.1 Å². The third-order valence-corrected chi connectivity index (χ3v) is 6.99. The maximum Gasteiger partial charge on any atom is 0.240 e. The largest absolute Gasteiger partial charge is 0.492 e. The van der Waals surface area contributed by atoms with E-state index >= 15 is 4.39 Å². The summed E-state index contributed by atoms with van der Waals surface area (Å²) < 4.78 is 28.7. The van der Waals surface area contributed by atoms with Crippen LogP contribution in [0.25, 0.3) is 22.0 Å². The minimum Gasteiger partial charge on any atom is -0.492 e. The van der Waals surface area contributed by atoms with Crippen LogP contribution in [0.1, 0.15) is 56.0 Å². The molecule has 1 atom stereocenters. The van der Waals surface area contributed by atoms with Gasteiger partial charge in [-0.1, -0.05) is 67.6 Å². The van der Waals surface area contributed by atoms with E-state index in [1.165, 1.54) is 5.57 Å². The van der Waals surface area contributed by atoms with Crippen LogP contribution in [0.15, 0.2) is 83.1 Å². The van der Waals surface area contributed by atoms with Crippen molar-refractivity contribution in [3.05, 3.63) is 95.4 Å². The fourth-order valence-electron chi connectivity index (χ4n) is 5.24. The van der Waals surface area contributed by atoms with E-state index in [0.717, 1.165) is 52.8 Å². The predicted octanol–water partition coefficient (Wildman–Crippen LogP) is 7.19. The van der Waals surface area contributed by atoms with Crippen LogP contribution in [-0.2, 0) is 4.74 Å². The summed E-state index contributed by atoms with van der Waals surface area (Å²) in [4.78, 5) is 0. The second kappa shape index (κ2) is 12.2. The van der Waals surface area contributed by atoms with Gasteiger partial charge in [0.15, 0.2) is 6.23 Å². The molecule has 8 heteroatoms. The van der Waals surface area contributed by atoms with Crippen LogP contribution in [0.3, 0.4) is 0 Å². The molecule has 39 heavy (non-hydrogen) atoms. The van der Waals surface area contributed by atoms with Gasteiger partial charge in [0.1, 0.15) is 12.4 Å². The Balaban J connectivity index is 1.61. The lowest BCUT2D eigenvalue weighted by Gasteiger charge is -2.23. The van der Waals surface area contributed by atoms with Crippen LogP contribution in [0.2, 0.25) is 0 Å². The molecule has 202 valence electrons. The zero-order chi connectivity index (χ0) is 27.2. The van der Waals surface area contributed by atoms with E-state index < -0.39 is 5.95 Å². The maximum absolute atomic E-state index is 15.3. The summed E-state index contributed by atoms with van der Waals surface area (Å²) >= 11 is 0. The van der Waals surface area contributed by atoms with E-state index in [1.807, 2.05) is 54.6 Å².